The molecule has 0 unspecified atom stereocenters. The minimum atomic E-state index is -0.322. The standard InChI is InChI=1S/C13H14N2O2.C2H3N/c1-3-14-13(17)11-8(2)15-10-7-5-4-6-9(10)12(11)16;1-2-3/h4-7H,3H2,1-2H3,(H,14,17)(H,15,16);1H3. The van der Waals surface area contributed by atoms with Crippen LogP contribution in [-0.4, -0.2) is 17.4 Å². The molecule has 0 bridgehead atoms. The van der Waals surface area contributed by atoms with Crippen LogP contribution in [0.1, 0.15) is 29.9 Å². The maximum Gasteiger partial charge on any atom is 0.257 e. The molecule has 0 saturated heterocycles. The fraction of sp³-hybridized carbons (Fsp3) is 0.267. The number of aromatic amines is 1. The Bertz CT molecular complexity index is 711. The number of aromatic nitrogens is 1. The van der Waals surface area contributed by atoms with Gasteiger partial charge in [0.15, 0.2) is 0 Å². The topological polar surface area (TPSA) is 85.8 Å². The Kier molecular flexibility index (Phi) is 5.48. The van der Waals surface area contributed by atoms with Crippen molar-refractivity contribution in [3.05, 3.63) is 45.7 Å². The normalized spacial score (nSPS) is 9.30. The van der Waals surface area contributed by atoms with Gasteiger partial charge in [-0.2, -0.15) is 5.26 Å². The zero-order valence-electron chi connectivity index (χ0n) is 11.8. The lowest BCUT2D eigenvalue weighted by atomic mass is 10.1. The van der Waals surface area contributed by atoms with E-state index in [4.69, 9.17) is 5.26 Å². The Morgan fingerprint density at radius 3 is 2.60 bits per heavy atom. The van der Waals surface area contributed by atoms with E-state index in [0.29, 0.717) is 17.6 Å². The summed E-state index contributed by atoms with van der Waals surface area (Å²) in [6.45, 7) is 5.49. The summed E-state index contributed by atoms with van der Waals surface area (Å²) in [5.41, 5.74) is 1.33. The van der Waals surface area contributed by atoms with E-state index >= 15 is 0 Å². The van der Waals surface area contributed by atoms with E-state index in [1.165, 1.54) is 6.92 Å². The highest BCUT2D eigenvalue weighted by Gasteiger charge is 2.15. The SMILES string of the molecule is CC#N.CCNC(=O)c1c(C)[nH]c2ccccc2c1=O. The predicted octanol–water partition coefficient (Wildman–Crippen LogP) is 2.12. The average molecular weight is 271 g/mol. The molecule has 0 aliphatic carbocycles. The highest BCUT2D eigenvalue weighted by atomic mass is 16.2. The summed E-state index contributed by atoms with van der Waals surface area (Å²) in [6.07, 6.45) is 0. The van der Waals surface area contributed by atoms with Crippen molar-refractivity contribution in [3.63, 3.8) is 0 Å². The Labute approximate surface area is 117 Å². The van der Waals surface area contributed by atoms with Gasteiger partial charge in [0, 0.05) is 30.1 Å². The lowest BCUT2D eigenvalue weighted by molar-refractivity contribution is 0.0954. The van der Waals surface area contributed by atoms with Crippen LogP contribution in [-0.2, 0) is 0 Å². The third-order valence-corrected chi connectivity index (χ3v) is 2.66. The maximum atomic E-state index is 12.2. The average Bonchev–Trinajstić information content (AvgIpc) is 2.40. The van der Waals surface area contributed by atoms with Crippen LogP contribution in [0.4, 0.5) is 0 Å². The number of hydrogen-bond donors (Lipinski definition) is 2. The number of rotatable bonds is 2. The van der Waals surface area contributed by atoms with E-state index in [9.17, 15) is 9.59 Å². The summed E-state index contributed by atoms with van der Waals surface area (Å²) in [5.74, 6) is -0.322. The Balaban J connectivity index is 0.000000612. The van der Waals surface area contributed by atoms with E-state index < -0.39 is 0 Å². The van der Waals surface area contributed by atoms with Crippen LogP contribution >= 0.6 is 0 Å². The summed E-state index contributed by atoms with van der Waals surface area (Å²) < 4.78 is 0. The first kappa shape index (κ1) is 15.4. The smallest absolute Gasteiger partial charge is 0.257 e. The van der Waals surface area contributed by atoms with Crippen molar-refractivity contribution in [1.29, 1.82) is 5.26 Å². The van der Waals surface area contributed by atoms with Gasteiger partial charge in [-0.25, -0.2) is 0 Å². The predicted molar refractivity (Wildman–Crippen MR) is 78.6 cm³/mol. The Morgan fingerprint density at radius 1 is 1.40 bits per heavy atom. The van der Waals surface area contributed by atoms with Crippen molar-refractivity contribution in [3.8, 4) is 6.07 Å². The molecule has 0 saturated carbocycles. The number of nitrogens with one attached hydrogen (secondary N) is 2. The molecule has 5 heteroatoms. The maximum absolute atomic E-state index is 12.2. The summed E-state index contributed by atoms with van der Waals surface area (Å²) in [6, 6.07) is 8.93. The summed E-state index contributed by atoms with van der Waals surface area (Å²) in [7, 11) is 0. The van der Waals surface area contributed by atoms with Crippen LogP contribution in [0.15, 0.2) is 29.1 Å². The van der Waals surface area contributed by atoms with Crippen molar-refractivity contribution in [2.45, 2.75) is 20.8 Å². The van der Waals surface area contributed by atoms with Gasteiger partial charge in [-0.15, -0.1) is 0 Å². The van der Waals surface area contributed by atoms with Gasteiger partial charge in [-0.1, -0.05) is 12.1 Å². The number of carbonyl (C=O) groups excluding carboxylic acids is 1. The molecule has 0 spiro atoms. The van der Waals surface area contributed by atoms with Crippen LogP contribution < -0.4 is 10.7 Å². The molecule has 0 aliphatic heterocycles. The molecule has 0 aliphatic rings. The number of nitriles is 1. The molecular formula is C15H17N3O2. The summed E-state index contributed by atoms with van der Waals surface area (Å²) in [4.78, 5) is 27.1. The second-order valence-corrected chi connectivity index (χ2v) is 4.08. The molecule has 1 aromatic heterocycles. The summed E-state index contributed by atoms with van der Waals surface area (Å²) >= 11 is 0. The fourth-order valence-corrected chi connectivity index (χ4v) is 1.88. The lowest BCUT2D eigenvalue weighted by Crippen LogP contribution is -2.30. The number of hydrogen-bond acceptors (Lipinski definition) is 3. The lowest BCUT2D eigenvalue weighted by Gasteiger charge is -2.07. The van der Waals surface area contributed by atoms with E-state index in [2.05, 4.69) is 10.3 Å². The van der Waals surface area contributed by atoms with Gasteiger partial charge in [0.2, 0.25) is 5.43 Å². The zero-order valence-corrected chi connectivity index (χ0v) is 11.8. The first-order chi connectivity index (χ1) is 9.56. The van der Waals surface area contributed by atoms with Crippen molar-refractivity contribution in [2.75, 3.05) is 6.54 Å². The van der Waals surface area contributed by atoms with Gasteiger partial charge in [0.25, 0.3) is 5.91 Å². The molecule has 0 radical (unpaired) electrons. The van der Waals surface area contributed by atoms with Gasteiger partial charge in [-0.3, -0.25) is 9.59 Å². The van der Waals surface area contributed by atoms with Gasteiger partial charge in [-0.05, 0) is 26.0 Å². The Morgan fingerprint density at radius 2 is 2.00 bits per heavy atom. The number of para-hydroxylation sites is 1. The molecule has 0 fully saturated rings. The molecule has 2 N–H and O–H groups in total. The molecule has 1 amide bonds. The van der Waals surface area contributed by atoms with Crippen molar-refractivity contribution >= 4 is 16.8 Å². The number of amides is 1. The number of pyridine rings is 1. The molecule has 1 aromatic carbocycles. The third kappa shape index (κ3) is 3.23. The monoisotopic (exact) mass is 271 g/mol. The first-order valence-electron chi connectivity index (χ1n) is 6.27. The minimum Gasteiger partial charge on any atom is -0.358 e. The van der Waals surface area contributed by atoms with Crippen LogP contribution in [0.5, 0.6) is 0 Å². The Hall–Kier alpha value is -2.61. The van der Waals surface area contributed by atoms with Gasteiger partial charge >= 0.3 is 0 Å². The third-order valence-electron chi connectivity index (χ3n) is 2.66. The number of aryl methyl sites for hydroxylation is 1. The number of fused-ring (bicyclic) bond motifs is 1. The molecule has 0 atom stereocenters. The van der Waals surface area contributed by atoms with Gasteiger partial charge < -0.3 is 10.3 Å². The van der Waals surface area contributed by atoms with E-state index in [1.54, 1.807) is 25.1 Å². The van der Waals surface area contributed by atoms with Gasteiger partial charge in [0.05, 0.1) is 6.07 Å². The molecular weight excluding hydrogens is 254 g/mol. The number of nitrogens with zero attached hydrogens (tertiary/aromatic N) is 1. The number of benzene rings is 1. The van der Waals surface area contributed by atoms with Crippen LogP contribution in [0.2, 0.25) is 0 Å². The fourth-order valence-electron chi connectivity index (χ4n) is 1.88. The van der Waals surface area contributed by atoms with Crippen LogP contribution in [0, 0.1) is 18.3 Å². The van der Waals surface area contributed by atoms with E-state index in [-0.39, 0.29) is 16.9 Å². The molecule has 104 valence electrons. The zero-order chi connectivity index (χ0) is 15.1. The van der Waals surface area contributed by atoms with Crippen molar-refractivity contribution in [1.82, 2.24) is 10.3 Å². The number of carbonyl (C=O) groups is 1. The number of H-pyrrole nitrogens is 1. The second kappa shape index (κ2) is 7.10. The molecule has 20 heavy (non-hydrogen) atoms. The van der Waals surface area contributed by atoms with Crippen molar-refractivity contribution in [2.24, 2.45) is 0 Å². The second-order valence-electron chi connectivity index (χ2n) is 4.08. The quantitative estimate of drug-likeness (QED) is 0.877. The van der Waals surface area contributed by atoms with Crippen molar-refractivity contribution < 1.29 is 4.79 Å². The van der Waals surface area contributed by atoms with E-state index in [0.717, 1.165) is 5.52 Å². The van der Waals surface area contributed by atoms with Gasteiger partial charge in [0.1, 0.15) is 5.56 Å². The highest BCUT2D eigenvalue weighted by Crippen LogP contribution is 2.10. The van der Waals surface area contributed by atoms with E-state index in [1.807, 2.05) is 19.1 Å². The summed E-state index contributed by atoms with van der Waals surface area (Å²) in [5, 5.41) is 10.5. The highest BCUT2D eigenvalue weighted by molar-refractivity contribution is 5.98. The van der Waals surface area contributed by atoms with Crippen LogP contribution in [0.25, 0.3) is 10.9 Å². The minimum absolute atomic E-state index is 0.200. The molecule has 2 rings (SSSR count). The van der Waals surface area contributed by atoms with Crippen LogP contribution in [0.3, 0.4) is 0 Å². The largest absolute Gasteiger partial charge is 0.358 e. The molecule has 2 aromatic rings. The first-order valence-corrected chi connectivity index (χ1v) is 6.27. The molecule has 1 heterocycles. The molecule has 5 nitrogen and oxygen atoms in total.